The third-order valence-corrected chi connectivity index (χ3v) is 4.53. The summed E-state index contributed by atoms with van der Waals surface area (Å²) < 4.78 is 0. The van der Waals surface area contributed by atoms with Crippen LogP contribution in [0.1, 0.15) is 42.5 Å². The Morgan fingerprint density at radius 3 is 2.62 bits per heavy atom. The highest BCUT2D eigenvalue weighted by Gasteiger charge is 2.26. The van der Waals surface area contributed by atoms with Crippen molar-refractivity contribution >= 4 is 5.69 Å². The maximum Gasteiger partial charge on any atom is 0.119 e. The number of hydrogen-bond donors (Lipinski definition) is 1. The third kappa shape index (κ3) is 2.63. The minimum absolute atomic E-state index is 0.369. The van der Waals surface area contributed by atoms with Crippen LogP contribution in [0.15, 0.2) is 42.5 Å². The van der Waals surface area contributed by atoms with Crippen LogP contribution in [0.3, 0.4) is 0 Å². The van der Waals surface area contributed by atoms with Gasteiger partial charge in [0.25, 0.3) is 0 Å². The second-order valence-corrected chi connectivity index (χ2v) is 5.87. The van der Waals surface area contributed by atoms with E-state index in [1.54, 1.807) is 0 Å². The first kappa shape index (κ1) is 14.0. The molecule has 110 valence electrons. The quantitative estimate of drug-likeness (QED) is 0.888. The molecule has 0 aromatic heterocycles. The fourth-order valence-corrected chi connectivity index (χ4v) is 3.45. The van der Waals surface area contributed by atoms with Gasteiger partial charge in [-0.05, 0) is 62.4 Å². The Kier molecular flexibility index (Phi) is 3.87. The van der Waals surface area contributed by atoms with Gasteiger partial charge < -0.3 is 10.0 Å². The monoisotopic (exact) mass is 281 g/mol. The van der Waals surface area contributed by atoms with Gasteiger partial charge in [-0.25, -0.2) is 0 Å². The summed E-state index contributed by atoms with van der Waals surface area (Å²) in [5.74, 6) is 0.456. The molecule has 2 nitrogen and oxygen atoms in total. The van der Waals surface area contributed by atoms with E-state index >= 15 is 0 Å². The second-order valence-electron chi connectivity index (χ2n) is 5.87. The maximum absolute atomic E-state index is 10.1. The van der Waals surface area contributed by atoms with Gasteiger partial charge >= 0.3 is 0 Å². The molecule has 0 fully saturated rings. The van der Waals surface area contributed by atoms with Crippen molar-refractivity contribution in [3.05, 3.63) is 59.2 Å². The Morgan fingerprint density at radius 2 is 1.90 bits per heavy atom. The summed E-state index contributed by atoms with van der Waals surface area (Å²) in [6.07, 6.45) is 3.28. The Hall–Kier alpha value is -1.96. The van der Waals surface area contributed by atoms with Crippen LogP contribution in [0.5, 0.6) is 5.75 Å². The first-order valence-electron chi connectivity index (χ1n) is 7.84. The average molecular weight is 281 g/mol. The van der Waals surface area contributed by atoms with Crippen molar-refractivity contribution < 1.29 is 5.11 Å². The summed E-state index contributed by atoms with van der Waals surface area (Å²) in [7, 11) is 0. The molecule has 2 heteroatoms. The van der Waals surface area contributed by atoms with Crippen molar-refractivity contribution in [1.29, 1.82) is 0 Å². The molecule has 1 N–H and O–H groups in total. The van der Waals surface area contributed by atoms with Gasteiger partial charge in [0.2, 0.25) is 0 Å². The van der Waals surface area contributed by atoms with Crippen LogP contribution in [0.25, 0.3) is 0 Å². The van der Waals surface area contributed by atoms with Crippen LogP contribution in [-0.4, -0.2) is 11.7 Å². The summed E-state index contributed by atoms with van der Waals surface area (Å²) in [6.45, 7) is 5.30. The average Bonchev–Trinajstić information content (AvgIpc) is 2.51. The molecular weight excluding hydrogens is 258 g/mol. The lowest BCUT2D eigenvalue weighted by atomic mass is 9.86. The molecule has 2 aromatic rings. The molecule has 0 spiro atoms. The zero-order valence-corrected chi connectivity index (χ0v) is 12.8. The number of nitrogens with zero attached hydrogens (tertiary/aromatic N) is 1. The number of anilines is 1. The van der Waals surface area contributed by atoms with Crippen molar-refractivity contribution in [3.8, 4) is 5.75 Å². The number of aromatic hydroxyl groups is 1. The molecule has 0 amide bonds. The van der Waals surface area contributed by atoms with Crippen LogP contribution in [0.2, 0.25) is 0 Å². The third-order valence-electron chi connectivity index (χ3n) is 4.53. The molecule has 2 aromatic carbocycles. The van der Waals surface area contributed by atoms with Gasteiger partial charge in [0, 0.05) is 12.2 Å². The predicted molar refractivity (Wildman–Crippen MR) is 88.0 cm³/mol. The van der Waals surface area contributed by atoms with E-state index in [0.29, 0.717) is 11.8 Å². The Morgan fingerprint density at radius 1 is 1.14 bits per heavy atom. The Bertz CT molecular complexity index is 618. The van der Waals surface area contributed by atoms with Gasteiger partial charge in [0.15, 0.2) is 0 Å². The van der Waals surface area contributed by atoms with E-state index < -0.39 is 0 Å². The van der Waals surface area contributed by atoms with Crippen molar-refractivity contribution in [2.75, 3.05) is 11.4 Å². The molecule has 0 aliphatic heterocycles. The second kappa shape index (κ2) is 5.80. The molecule has 21 heavy (non-hydrogen) atoms. The Balaban J connectivity index is 1.99. The normalized spacial score (nSPS) is 17.3. The number of fused-ring (bicyclic) bond motifs is 1. The van der Waals surface area contributed by atoms with Gasteiger partial charge in [-0.2, -0.15) is 0 Å². The van der Waals surface area contributed by atoms with Crippen molar-refractivity contribution in [2.24, 2.45) is 0 Å². The molecule has 1 aliphatic carbocycles. The Labute approximate surface area is 127 Å². The van der Waals surface area contributed by atoms with E-state index in [1.807, 2.05) is 12.1 Å². The molecule has 0 bridgehead atoms. The minimum atomic E-state index is 0.369. The van der Waals surface area contributed by atoms with Gasteiger partial charge in [0.1, 0.15) is 5.75 Å². The maximum atomic E-state index is 10.1. The van der Waals surface area contributed by atoms with E-state index in [2.05, 4.69) is 49.1 Å². The van der Waals surface area contributed by atoms with Crippen molar-refractivity contribution in [3.63, 3.8) is 0 Å². The molecule has 0 heterocycles. The standard InChI is InChI=1S/C19H23NO/c1-3-20(15-12-10-14(2)11-13-15)18-8-4-7-17-16(18)6-5-9-19(17)21/h5-6,9-13,18,21H,3-4,7-8H2,1-2H3. The molecule has 1 unspecified atom stereocenters. The summed E-state index contributed by atoms with van der Waals surface area (Å²) in [4.78, 5) is 2.46. The van der Waals surface area contributed by atoms with Gasteiger partial charge in [0.05, 0.1) is 6.04 Å². The van der Waals surface area contributed by atoms with Crippen molar-refractivity contribution in [2.45, 2.75) is 39.2 Å². The summed E-state index contributed by atoms with van der Waals surface area (Å²) in [5.41, 5.74) is 4.99. The van der Waals surface area contributed by atoms with Crippen LogP contribution >= 0.6 is 0 Å². The van der Waals surface area contributed by atoms with Crippen LogP contribution < -0.4 is 4.90 Å². The van der Waals surface area contributed by atoms with E-state index in [-0.39, 0.29) is 0 Å². The van der Waals surface area contributed by atoms with E-state index in [0.717, 1.165) is 31.4 Å². The summed E-state index contributed by atoms with van der Waals surface area (Å²) in [5, 5.41) is 10.1. The van der Waals surface area contributed by atoms with E-state index in [1.165, 1.54) is 16.8 Å². The molecule has 1 atom stereocenters. The minimum Gasteiger partial charge on any atom is -0.508 e. The molecule has 0 saturated carbocycles. The first-order chi connectivity index (χ1) is 10.2. The van der Waals surface area contributed by atoms with Crippen LogP contribution in [0.4, 0.5) is 5.69 Å². The molecule has 3 rings (SSSR count). The number of aryl methyl sites for hydroxylation is 1. The number of phenolic OH excluding ortho intramolecular Hbond substituents is 1. The number of hydrogen-bond acceptors (Lipinski definition) is 2. The fraction of sp³-hybridized carbons (Fsp3) is 0.368. The smallest absolute Gasteiger partial charge is 0.119 e. The molecule has 1 aliphatic rings. The SMILES string of the molecule is CCN(c1ccc(C)cc1)C1CCCc2c(O)cccc21. The predicted octanol–water partition coefficient (Wildman–Crippen LogP) is 4.60. The highest BCUT2D eigenvalue weighted by atomic mass is 16.3. The highest BCUT2D eigenvalue weighted by Crippen LogP contribution is 2.39. The largest absolute Gasteiger partial charge is 0.508 e. The summed E-state index contributed by atoms with van der Waals surface area (Å²) in [6, 6.07) is 15.1. The molecular formula is C19H23NO. The first-order valence-corrected chi connectivity index (χ1v) is 7.84. The lowest BCUT2D eigenvalue weighted by Gasteiger charge is -2.37. The van der Waals surface area contributed by atoms with Crippen molar-refractivity contribution in [1.82, 2.24) is 0 Å². The lowest BCUT2D eigenvalue weighted by molar-refractivity contribution is 0.450. The summed E-state index contributed by atoms with van der Waals surface area (Å²) >= 11 is 0. The highest BCUT2D eigenvalue weighted by molar-refractivity contribution is 5.53. The van der Waals surface area contributed by atoms with Gasteiger partial charge in [-0.15, -0.1) is 0 Å². The number of benzene rings is 2. The van der Waals surface area contributed by atoms with Crippen LogP contribution in [0, 0.1) is 6.92 Å². The van der Waals surface area contributed by atoms with Gasteiger partial charge in [-0.1, -0.05) is 29.8 Å². The molecule has 0 saturated heterocycles. The van der Waals surface area contributed by atoms with E-state index in [9.17, 15) is 5.11 Å². The topological polar surface area (TPSA) is 23.5 Å². The molecule has 0 radical (unpaired) electrons. The lowest BCUT2D eigenvalue weighted by Crippen LogP contribution is -2.31. The van der Waals surface area contributed by atoms with E-state index in [4.69, 9.17) is 0 Å². The van der Waals surface area contributed by atoms with Crippen LogP contribution in [-0.2, 0) is 6.42 Å². The number of rotatable bonds is 3. The zero-order chi connectivity index (χ0) is 14.8. The zero-order valence-electron chi connectivity index (χ0n) is 12.8. The fourth-order valence-electron chi connectivity index (χ4n) is 3.45. The number of phenols is 1. The van der Waals surface area contributed by atoms with Gasteiger partial charge in [-0.3, -0.25) is 0 Å².